The van der Waals surface area contributed by atoms with Gasteiger partial charge >= 0.3 is 0 Å². The van der Waals surface area contributed by atoms with Crippen LogP contribution in [0.5, 0.6) is 5.75 Å². The van der Waals surface area contributed by atoms with Crippen LogP contribution < -0.4 is 4.74 Å². The van der Waals surface area contributed by atoms with Crippen molar-refractivity contribution in [3.63, 3.8) is 0 Å². The SMILES string of the molecule is COc1c[c]c(S(=O)(=O)O)cc1S(=O)(=O)O. The van der Waals surface area contributed by atoms with E-state index in [1.54, 1.807) is 0 Å². The molecule has 0 fully saturated rings. The van der Waals surface area contributed by atoms with E-state index in [0.717, 1.165) is 13.2 Å². The number of benzene rings is 1. The van der Waals surface area contributed by atoms with E-state index < -0.39 is 30.0 Å². The third-order valence-electron chi connectivity index (χ3n) is 1.63. The molecule has 7 nitrogen and oxygen atoms in total. The normalized spacial score (nSPS) is 12.4. The summed E-state index contributed by atoms with van der Waals surface area (Å²) in [4.78, 5) is -1.54. The first kappa shape index (κ1) is 12.9. The Hall–Kier alpha value is -1.16. The lowest BCUT2D eigenvalue weighted by Crippen LogP contribution is -2.05. The Balaban J connectivity index is 3.58. The van der Waals surface area contributed by atoms with Crippen molar-refractivity contribution in [2.75, 3.05) is 7.11 Å². The Morgan fingerprint density at radius 1 is 1.19 bits per heavy atom. The lowest BCUT2D eigenvalue weighted by molar-refractivity contribution is 0.396. The lowest BCUT2D eigenvalue weighted by Gasteiger charge is -2.06. The van der Waals surface area contributed by atoms with Gasteiger partial charge in [-0.25, -0.2) is 0 Å². The molecule has 0 spiro atoms. The van der Waals surface area contributed by atoms with Crippen LogP contribution in [0.4, 0.5) is 0 Å². The topological polar surface area (TPSA) is 118 Å². The molecule has 0 heterocycles. The Bertz CT molecular complexity index is 600. The van der Waals surface area contributed by atoms with E-state index in [1.165, 1.54) is 0 Å². The van der Waals surface area contributed by atoms with Gasteiger partial charge in [0.25, 0.3) is 20.2 Å². The molecular formula is C7H7O7S2. The fraction of sp³-hybridized carbons (Fsp3) is 0.143. The van der Waals surface area contributed by atoms with Gasteiger partial charge < -0.3 is 4.74 Å². The quantitative estimate of drug-likeness (QED) is 0.739. The number of methoxy groups -OCH3 is 1. The lowest BCUT2D eigenvalue weighted by atomic mass is 10.3. The molecule has 0 saturated heterocycles. The van der Waals surface area contributed by atoms with E-state index in [1.807, 2.05) is 0 Å². The molecule has 1 aromatic carbocycles. The molecule has 0 aliphatic carbocycles. The van der Waals surface area contributed by atoms with Crippen LogP contribution >= 0.6 is 0 Å². The molecule has 0 atom stereocenters. The summed E-state index contributed by atoms with van der Waals surface area (Å²) in [6.45, 7) is 0. The summed E-state index contributed by atoms with van der Waals surface area (Å²) in [5.41, 5.74) is 0. The second kappa shape index (κ2) is 4.01. The highest BCUT2D eigenvalue weighted by Gasteiger charge is 2.21. The smallest absolute Gasteiger partial charge is 0.298 e. The van der Waals surface area contributed by atoms with Crippen LogP contribution in [0, 0.1) is 6.07 Å². The van der Waals surface area contributed by atoms with Crippen LogP contribution in [0.2, 0.25) is 0 Å². The second-order valence-corrected chi connectivity index (χ2v) is 5.46. The van der Waals surface area contributed by atoms with Crippen LogP contribution in [0.15, 0.2) is 21.9 Å². The van der Waals surface area contributed by atoms with Gasteiger partial charge in [-0.15, -0.1) is 0 Å². The average molecular weight is 267 g/mol. The molecule has 89 valence electrons. The van der Waals surface area contributed by atoms with Gasteiger partial charge in [-0.2, -0.15) is 16.8 Å². The Morgan fingerprint density at radius 3 is 2.12 bits per heavy atom. The molecule has 0 bridgehead atoms. The molecule has 9 heteroatoms. The number of rotatable bonds is 3. The van der Waals surface area contributed by atoms with E-state index in [2.05, 4.69) is 10.8 Å². The second-order valence-electron chi connectivity index (χ2n) is 2.68. The fourth-order valence-corrected chi connectivity index (χ4v) is 2.16. The summed E-state index contributed by atoms with van der Waals surface area (Å²) in [7, 11) is -8.12. The number of hydrogen-bond donors (Lipinski definition) is 2. The molecule has 2 N–H and O–H groups in total. The van der Waals surface area contributed by atoms with Gasteiger partial charge in [0.2, 0.25) is 0 Å². The Kier molecular flexibility index (Phi) is 3.24. The summed E-state index contributed by atoms with van der Waals surface area (Å²) in [6.07, 6.45) is 0. The first-order valence-electron chi connectivity index (χ1n) is 3.71. The average Bonchev–Trinajstić information content (AvgIpc) is 2.14. The van der Waals surface area contributed by atoms with E-state index in [4.69, 9.17) is 9.11 Å². The largest absolute Gasteiger partial charge is 0.495 e. The molecule has 0 saturated carbocycles. The number of ether oxygens (including phenoxy) is 1. The van der Waals surface area contributed by atoms with Gasteiger partial charge in [0, 0.05) is 6.07 Å². The van der Waals surface area contributed by atoms with Crippen molar-refractivity contribution in [2.24, 2.45) is 0 Å². The van der Waals surface area contributed by atoms with Gasteiger partial charge in [-0.05, 0) is 12.1 Å². The van der Waals surface area contributed by atoms with Crippen molar-refractivity contribution in [1.82, 2.24) is 0 Å². The van der Waals surface area contributed by atoms with Gasteiger partial charge in [-0.1, -0.05) is 0 Å². The molecule has 0 aliphatic heterocycles. The van der Waals surface area contributed by atoms with Crippen LogP contribution in [0.3, 0.4) is 0 Å². The maximum absolute atomic E-state index is 10.9. The highest BCUT2D eigenvalue weighted by atomic mass is 32.2. The molecule has 0 aliphatic rings. The van der Waals surface area contributed by atoms with Gasteiger partial charge in [0.15, 0.2) is 0 Å². The van der Waals surface area contributed by atoms with E-state index in [-0.39, 0.29) is 5.75 Å². The van der Waals surface area contributed by atoms with Crippen molar-refractivity contribution in [3.05, 3.63) is 18.2 Å². The molecule has 16 heavy (non-hydrogen) atoms. The molecule has 0 unspecified atom stereocenters. The van der Waals surface area contributed by atoms with Gasteiger partial charge in [0.05, 0.1) is 7.11 Å². The van der Waals surface area contributed by atoms with E-state index >= 15 is 0 Å². The standard InChI is InChI=1S/C7H7O7S2/c1-14-6-3-2-5(15(8,9)10)4-7(6)16(11,12)13/h3-4H,1H3,(H,8,9,10)(H,11,12,13). The minimum absolute atomic E-state index is 0.282. The van der Waals surface area contributed by atoms with Crippen molar-refractivity contribution < 1.29 is 30.7 Å². The molecule has 1 aromatic rings. The van der Waals surface area contributed by atoms with E-state index in [0.29, 0.717) is 6.07 Å². The van der Waals surface area contributed by atoms with Crippen LogP contribution in [-0.4, -0.2) is 33.1 Å². The first-order chi connectivity index (χ1) is 7.16. The predicted molar refractivity (Wildman–Crippen MR) is 51.5 cm³/mol. The zero-order valence-electron chi connectivity index (χ0n) is 7.91. The Labute approximate surface area is 92.2 Å². The molecule has 0 aromatic heterocycles. The number of hydrogen-bond acceptors (Lipinski definition) is 5. The van der Waals surface area contributed by atoms with Gasteiger partial charge in [-0.3, -0.25) is 9.11 Å². The van der Waals surface area contributed by atoms with Crippen molar-refractivity contribution in [2.45, 2.75) is 9.79 Å². The van der Waals surface area contributed by atoms with Crippen molar-refractivity contribution in [1.29, 1.82) is 0 Å². The van der Waals surface area contributed by atoms with E-state index in [9.17, 15) is 16.8 Å². The molecule has 1 rings (SSSR count). The first-order valence-corrected chi connectivity index (χ1v) is 6.59. The van der Waals surface area contributed by atoms with Gasteiger partial charge in [0.1, 0.15) is 15.5 Å². The molecule has 1 radical (unpaired) electrons. The van der Waals surface area contributed by atoms with Crippen molar-refractivity contribution >= 4 is 20.2 Å². The van der Waals surface area contributed by atoms with Crippen LogP contribution in [0.1, 0.15) is 0 Å². The summed E-state index contributed by atoms with van der Waals surface area (Å²) in [5, 5.41) is 0. The monoisotopic (exact) mass is 267 g/mol. The summed E-state index contributed by atoms with van der Waals surface area (Å²) in [5.74, 6) is -0.282. The fourth-order valence-electron chi connectivity index (χ4n) is 0.950. The third-order valence-corrected chi connectivity index (χ3v) is 3.29. The highest BCUT2D eigenvalue weighted by Crippen LogP contribution is 2.25. The minimum atomic E-state index is -4.65. The van der Waals surface area contributed by atoms with Crippen molar-refractivity contribution in [3.8, 4) is 5.75 Å². The summed E-state index contributed by atoms with van der Waals surface area (Å²) >= 11 is 0. The predicted octanol–water partition coefficient (Wildman–Crippen LogP) is -0.0112. The highest BCUT2D eigenvalue weighted by molar-refractivity contribution is 7.86. The third kappa shape index (κ3) is 2.70. The molecular weight excluding hydrogens is 260 g/mol. The van der Waals surface area contributed by atoms with Crippen LogP contribution in [-0.2, 0) is 20.2 Å². The maximum Gasteiger partial charge on any atom is 0.298 e. The summed E-state index contributed by atoms with van der Waals surface area (Å²) in [6, 6.07) is 3.53. The maximum atomic E-state index is 10.9. The minimum Gasteiger partial charge on any atom is -0.495 e. The van der Waals surface area contributed by atoms with Crippen LogP contribution in [0.25, 0.3) is 0 Å². The zero-order valence-corrected chi connectivity index (χ0v) is 9.54. The zero-order chi connectivity index (χ0) is 12.6. The Morgan fingerprint density at radius 2 is 1.75 bits per heavy atom. The summed E-state index contributed by atoms with van der Waals surface area (Å²) < 4.78 is 65.2. The molecule has 0 amide bonds.